The smallest absolute Gasteiger partial charge is 0.107 e. The van der Waals surface area contributed by atoms with Crippen LogP contribution in [0.5, 0.6) is 0 Å². The third-order valence-electron chi connectivity index (χ3n) is 3.10. The van der Waals surface area contributed by atoms with Crippen LogP contribution in [0.2, 0.25) is 0 Å². The molecule has 0 spiro atoms. The number of hydrogen-bond donors (Lipinski definition) is 1. The van der Waals surface area contributed by atoms with E-state index in [0.717, 1.165) is 22.6 Å². The first-order valence-corrected chi connectivity index (χ1v) is 7.35. The van der Waals surface area contributed by atoms with Crippen molar-refractivity contribution in [1.29, 1.82) is 0 Å². The fourth-order valence-corrected chi connectivity index (χ4v) is 2.65. The van der Waals surface area contributed by atoms with Crippen LogP contribution in [-0.2, 0) is 0 Å². The molecule has 0 saturated carbocycles. The Hall–Kier alpha value is -0.740. The molecule has 0 amide bonds. The van der Waals surface area contributed by atoms with Crippen molar-refractivity contribution in [3.05, 3.63) is 23.8 Å². The molecule has 0 saturated heterocycles. The van der Waals surface area contributed by atoms with Gasteiger partial charge in [0.25, 0.3) is 0 Å². The molecule has 0 bridgehead atoms. The Morgan fingerprint density at radius 2 is 2.18 bits per heavy atom. The minimum absolute atomic E-state index is 0.472. The van der Waals surface area contributed by atoms with Gasteiger partial charge in [-0.1, -0.05) is 25.2 Å². The molecular formula is C13H20N2S2. The minimum atomic E-state index is 0.472. The van der Waals surface area contributed by atoms with Gasteiger partial charge in [0.2, 0.25) is 0 Å². The second-order valence-electron chi connectivity index (χ2n) is 4.09. The van der Waals surface area contributed by atoms with Gasteiger partial charge in [-0.25, -0.2) is 0 Å². The summed E-state index contributed by atoms with van der Waals surface area (Å²) in [5.41, 5.74) is 7.98. The zero-order valence-corrected chi connectivity index (χ0v) is 12.5. The Balaban J connectivity index is 3.27. The van der Waals surface area contributed by atoms with Crippen LogP contribution in [0.3, 0.4) is 0 Å². The van der Waals surface area contributed by atoms with Crippen LogP contribution >= 0.6 is 24.0 Å². The van der Waals surface area contributed by atoms with Gasteiger partial charge in [-0.05, 0) is 31.7 Å². The first-order chi connectivity index (χ1) is 8.02. The van der Waals surface area contributed by atoms with Crippen LogP contribution in [0.1, 0.15) is 25.8 Å². The van der Waals surface area contributed by atoms with E-state index in [4.69, 9.17) is 18.0 Å². The van der Waals surface area contributed by atoms with Gasteiger partial charge >= 0.3 is 0 Å². The van der Waals surface area contributed by atoms with Crippen molar-refractivity contribution in [3.63, 3.8) is 0 Å². The summed E-state index contributed by atoms with van der Waals surface area (Å²) in [4.78, 5) is 3.86. The highest BCUT2D eigenvalue weighted by Gasteiger charge is 2.16. The molecule has 0 fully saturated rings. The predicted molar refractivity (Wildman–Crippen MR) is 82.3 cm³/mol. The molecule has 0 aliphatic heterocycles. The number of anilines is 1. The molecular weight excluding hydrogens is 248 g/mol. The molecule has 0 aromatic heterocycles. The second kappa shape index (κ2) is 6.26. The van der Waals surface area contributed by atoms with Crippen LogP contribution in [0, 0.1) is 0 Å². The predicted octanol–water partition coefficient (Wildman–Crippen LogP) is 3.28. The highest BCUT2D eigenvalue weighted by Crippen LogP contribution is 2.30. The summed E-state index contributed by atoms with van der Waals surface area (Å²) in [6.45, 7) is 4.38. The quantitative estimate of drug-likeness (QED) is 0.655. The van der Waals surface area contributed by atoms with Crippen LogP contribution < -0.4 is 10.6 Å². The van der Waals surface area contributed by atoms with Crippen LogP contribution in [0.25, 0.3) is 0 Å². The lowest BCUT2D eigenvalue weighted by atomic mass is 10.1. The number of rotatable bonds is 5. The molecule has 2 N–H and O–H groups in total. The normalized spacial score (nSPS) is 12.2. The molecule has 0 aliphatic carbocycles. The van der Waals surface area contributed by atoms with Crippen LogP contribution in [0.4, 0.5) is 5.69 Å². The first-order valence-electron chi connectivity index (χ1n) is 5.72. The molecule has 1 rings (SSSR count). The minimum Gasteiger partial charge on any atom is -0.389 e. The first kappa shape index (κ1) is 14.3. The molecule has 17 heavy (non-hydrogen) atoms. The van der Waals surface area contributed by atoms with Gasteiger partial charge in [0.05, 0.1) is 0 Å². The molecule has 0 heterocycles. The Labute approximate surface area is 114 Å². The maximum absolute atomic E-state index is 5.86. The van der Waals surface area contributed by atoms with Crippen molar-refractivity contribution >= 4 is 34.7 Å². The van der Waals surface area contributed by atoms with Gasteiger partial charge in [0, 0.05) is 29.2 Å². The number of thiocarbonyl (C=S) groups is 1. The van der Waals surface area contributed by atoms with Crippen molar-refractivity contribution in [3.8, 4) is 0 Å². The highest BCUT2D eigenvalue weighted by molar-refractivity contribution is 7.98. The van der Waals surface area contributed by atoms with Crippen molar-refractivity contribution in [2.75, 3.05) is 18.2 Å². The monoisotopic (exact) mass is 268 g/mol. The van der Waals surface area contributed by atoms with E-state index in [1.807, 2.05) is 6.26 Å². The lowest BCUT2D eigenvalue weighted by molar-refractivity contribution is 0.663. The molecule has 1 aromatic rings. The average Bonchev–Trinajstić information content (AvgIpc) is 2.35. The highest BCUT2D eigenvalue weighted by atomic mass is 32.2. The average molecular weight is 268 g/mol. The zero-order valence-electron chi connectivity index (χ0n) is 10.9. The standard InChI is InChI=1S/C13H20N2S2/c1-5-9(2)15(3)10-7-6-8-11(17-4)12(10)13(14)16/h6-9H,5H2,1-4H3,(H2,14,16). The van der Waals surface area contributed by atoms with Crippen molar-refractivity contribution in [2.24, 2.45) is 5.73 Å². The molecule has 2 nitrogen and oxygen atoms in total. The molecule has 1 atom stereocenters. The maximum Gasteiger partial charge on any atom is 0.107 e. The van der Waals surface area contributed by atoms with E-state index in [1.54, 1.807) is 11.8 Å². The van der Waals surface area contributed by atoms with E-state index >= 15 is 0 Å². The molecule has 0 aliphatic rings. The fourth-order valence-electron chi connectivity index (χ4n) is 1.74. The summed E-state index contributed by atoms with van der Waals surface area (Å²) < 4.78 is 0. The van der Waals surface area contributed by atoms with E-state index < -0.39 is 0 Å². The molecule has 94 valence electrons. The number of hydrogen-bond acceptors (Lipinski definition) is 3. The summed E-state index contributed by atoms with van der Waals surface area (Å²) >= 11 is 6.86. The van der Waals surface area contributed by atoms with Gasteiger partial charge in [0.1, 0.15) is 4.99 Å². The Bertz CT molecular complexity index is 404. The SMILES string of the molecule is CCC(C)N(C)c1cccc(SC)c1C(N)=S. The number of thioether (sulfide) groups is 1. The van der Waals surface area contributed by atoms with Gasteiger partial charge in [-0.2, -0.15) is 0 Å². The van der Waals surface area contributed by atoms with Gasteiger partial charge in [-0.15, -0.1) is 11.8 Å². The Kier molecular flexibility index (Phi) is 5.28. The van der Waals surface area contributed by atoms with Crippen molar-refractivity contribution < 1.29 is 0 Å². The van der Waals surface area contributed by atoms with E-state index in [-0.39, 0.29) is 0 Å². The van der Waals surface area contributed by atoms with Crippen LogP contribution in [-0.4, -0.2) is 24.3 Å². The zero-order chi connectivity index (χ0) is 13.0. The van der Waals surface area contributed by atoms with E-state index in [1.165, 1.54) is 0 Å². The van der Waals surface area contributed by atoms with Crippen LogP contribution in [0.15, 0.2) is 23.1 Å². The fraction of sp³-hybridized carbons (Fsp3) is 0.462. The van der Waals surface area contributed by atoms with E-state index in [9.17, 15) is 0 Å². The van der Waals surface area contributed by atoms with Crippen molar-refractivity contribution in [1.82, 2.24) is 0 Å². The lowest BCUT2D eigenvalue weighted by Crippen LogP contribution is -2.30. The third kappa shape index (κ3) is 3.13. The van der Waals surface area contributed by atoms with Crippen molar-refractivity contribution in [2.45, 2.75) is 31.2 Å². The van der Waals surface area contributed by atoms with Gasteiger partial charge < -0.3 is 10.6 Å². The summed E-state index contributed by atoms with van der Waals surface area (Å²) in [5, 5.41) is 0. The number of nitrogens with two attached hydrogens (primary N) is 1. The molecule has 4 heteroatoms. The molecule has 0 radical (unpaired) electrons. The summed E-state index contributed by atoms with van der Waals surface area (Å²) in [6.07, 6.45) is 3.14. The summed E-state index contributed by atoms with van der Waals surface area (Å²) in [7, 11) is 2.09. The summed E-state index contributed by atoms with van der Waals surface area (Å²) in [6, 6.07) is 6.68. The number of nitrogens with zero attached hydrogens (tertiary/aromatic N) is 1. The Morgan fingerprint density at radius 1 is 1.53 bits per heavy atom. The van der Waals surface area contributed by atoms with Gasteiger partial charge in [0.15, 0.2) is 0 Å². The second-order valence-corrected chi connectivity index (χ2v) is 5.37. The largest absolute Gasteiger partial charge is 0.389 e. The summed E-state index contributed by atoms with van der Waals surface area (Å²) in [5.74, 6) is 0. The van der Waals surface area contributed by atoms with E-state index in [2.05, 4.69) is 44.0 Å². The van der Waals surface area contributed by atoms with E-state index in [0.29, 0.717) is 11.0 Å². The lowest BCUT2D eigenvalue weighted by Gasteiger charge is -2.28. The molecule has 1 unspecified atom stereocenters. The van der Waals surface area contributed by atoms with Gasteiger partial charge in [-0.3, -0.25) is 0 Å². The maximum atomic E-state index is 5.86. The molecule has 1 aromatic carbocycles. The topological polar surface area (TPSA) is 29.3 Å². The Morgan fingerprint density at radius 3 is 2.65 bits per heavy atom. The third-order valence-corrected chi connectivity index (χ3v) is 4.09. The number of benzene rings is 1.